The van der Waals surface area contributed by atoms with Crippen LogP contribution in [0, 0.1) is 13.8 Å². The predicted molar refractivity (Wildman–Crippen MR) is 87.0 cm³/mol. The van der Waals surface area contributed by atoms with Crippen LogP contribution in [-0.4, -0.2) is 10.1 Å². The summed E-state index contributed by atoms with van der Waals surface area (Å²) in [7, 11) is 0. The number of fused-ring (bicyclic) bond motifs is 2. The van der Waals surface area contributed by atoms with Gasteiger partial charge in [-0.05, 0) is 31.0 Å². The molecule has 4 aromatic rings. The van der Waals surface area contributed by atoms with Crippen molar-refractivity contribution in [2.24, 2.45) is 0 Å². The van der Waals surface area contributed by atoms with Gasteiger partial charge in [0.2, 0.25) is 5.56 Å². The summed E-state index contributed by atoms with van der Waals surface area (Å²) in [6, 6.07) is 13.6. The van der Waals surface area contributed by atoms with E-state index in [1.54, 1.807) is 6.07 Å². The largest absolute Gasteiger partial charge is 0.356 e. The minimum atomic E-state index is -0.120. The van der Waals surface area contributed by atoms with Crippen LogP contribution in [0.3, 0.4) is 0 Å². The minimum absolute atomic E-state index is 0.120. The minimum Gasteiger partial charge on any atom is -0.356 e. The molecule has 0 radical (unpaired) electrons. The Hall–Kier alpha value is -2.88. The van der Waals surface area contributed by atoms with Gasteiger partial charge in [-0.1, -0.05) is 35.5 Å². The van der Waals surface area contributed by atoms with Crippen molar-refractivity contribution < 1.29 is 4.52 Å². The highest BCUT2D eigenvalue weighted by atomic mass is 16.5. The summed E-state index contributed by atoms with van der Waals surface area (Å²) >= 11 is 0. The number of benzene rings is 2. The second-order valence-corrected chi connectivity index (χ2v) is 5.48. The van der Waals surface area contributed by atoms with Crippen LogP contribution >= 0.6 is 0 Å². The molecule has 0 spiro atoms. The average molecular weight is 290 g/mol. The van der Waals surface area contributed by atoms with E-state index in [1.165, 1.54) is 0 Å². The summed E-state index contributed by atoms with van der Waals surface area (Å²) in [5.74, 6) is 0. The number of nitrogens with one attached hydrogen (secondary N) is 1. The van der Waals surface area contributed by atoms with Gasteiger partial charge in [-0.25, -0.2) is 0 Å². The molecule has 0 fully saturated rings. The van der Waals surface area contributed by atoms with Crippen LogP contribution in [-0.2, 0) is 0 Å². The summed E-state index contributed by atoms with van der Waals surface area (Å²) in [6.07, 6.45) is 0. The number of pyridine rings is 1. The Bertz CT molecular complexity index is 1060. The standard InChI is InChI=1S/C18H14N2O2/c1-10-17-15(8-13-11(2)20-22-18(10)13)14(9-16(21)19-17)12-6-4-3-5-7-12/h3-9H,1-2H3,(H,19,21). The molecule has 0 aliphatic rings. The summed E-state index contributed by atoms with van der Waals surface area (Å²) in [5.41, 5.74) is 5.11. The van der Waals surface area contributed by atoms with E-state index in [4.69, 9.17) is 4.52 Å². The maximum atomic E-state index is 12.1. The van der Waals surface area contributed by atoms with Gasteiger partial charge in [-0.2, -0.15) is 0 Å². The molecule has 0 aliphatic carbocycles. The van der Waals surface area contributed by atoms with E-state index in [2.05, 4.69) is 10.1 Å². The Labute approximate surface area is 126 Å². The van der Waals surface area contributed by atoms with Crippen LogP contribution in [0.4, 0.5) is 0 Å². The summed E-state index contributed by atoms with van der Waals surface area (Å²) < 4.78 is 5.40. The zero-order valence-corrected chi connectivity index (χ0v) is 12.3. The molecule has 4 rings (SSSR count). The summed E-state index contributed by atoms with van der Waals surface area (Å²) in [5, 5.41) is 6.02. The highest BCUT2D eigenvalue weighted by Crippen LogP contribution is 2.33. The number of H-pyrrole nitrogens is 1. The van der Waals surface area contributed by atoms with Gasteiger partial charge in [0, 0.05) is 22.4 Å². The zero-order valence-electron chi connectivity index (χ0n) is 12.3. The van der Waals surface area contributed by atoms with E-state index in [0.29, 0.717) is 0 Å². The molecule has 4 nitrogen and oxygen atoms in total. The molecule has 0 saturated carbocycles. The average Bonchev–Trinajstić information content (AvgIpc) is 2.90. The Morgan fingerprint density at radius 3 is 2.59 bits per heavy atom. The molecule has 2 heterocycles. The van der Waals surface area contributed by atoms with Crippen molar-refractivity contribution in [3.05, 3.63) is 64.1 Å². The van der Waals surface area contributed by atoms with Gasteiger partial charge < -0.3 is 9.51 Å². The van der Waals surface area contributed by atoms with Crippen molar-refractivity contribution in [3.63, 3.8) is 0 Å². The molecule has 0 saturated heterocycles. The van der Waals surface area contributed by atoms with Gasteiger partial charge >= 0.3 is 0 Å². The number of hydrogen-bond acceptors (Lipinski definition) is 3. The van der Waals surface area contributed by atoms with Gasteiger partial charge in [-0.15, -0.1) is 0 Å². The third-order valence-corrected chi connectivity index (χ3v) is 4.08. The quantitative estimate of drug-likeness (QED) is 0.577. The van der Waals surface area contributed by atoms with E-state index in [-0.39, 0.29) is 5.56 Å². The van der Waals surface area contributed by atoms with Crippen molar-refractivity contribution >= 4 is 21.9 Å². The van der Waals surface area contributed by atoms with Gasteiger partial charge in [-0.3, -0.25) is 4.79 Å². The smallest absolute Gasteiger partial charge is 0.249 e. The maximum absolute atomic E-state index is 12.1. The number of aromatic amines is 1. The van der Waals surface area contributed by atoms with Gasteiger partial charge in [0.05, 0.1) is 11.2 Å². The molecule has 0 atom stereocenters. The Kier molecular flexibility index (Phi) is 2.66. The van der Waals surface area contributed by atoms with Gasteiger partial charge in [0.15, 0.2) is 5.58 Å². The van der Waals surface area contributed by atoms with Crippen molar-refractivity contribution in [2.45, 2.75) is 13.8 Å². The molecular weight excluding hydrogens is 276 g/mol. The van der Waals surface area contributed by atoms with Crippen LogP contribution in [0.2, 0.25) is 0 Å². The maximum Gasteiger partial charge on any atom is 0.249 e. The first-order valence-electron chi connectivity index (χ1n) is 7.13. The Balaban J connectivity index is 2.22. The lowest BCUT2D eigenvalue weighted by atomic mass is 9.97. The molecule has 0 bridgehead atoms. The highest BCUT2D eigenvalue weighted by molar-refractivity contribution is 6.04. The van der Waals surface area contributed by atoms with Crippen LogP contribution < -0.4 is 5.56 Å². The van der Waals surface area contributed by atoms with Crippen LogP contribution in [0.1, 0.15) is 11.3 Å². The number of rotatable bonds is 1. The second kappa shape index (κ2) is 4.56. The molecule has 0 amide bonds. The van der Waals surface area contributed by atoms with Crippen molar-refractivity contribution in [1.82, 2.24) is 10.1 Å². The number of aryl methyl sites for hydroxylation is 2. The van der Waals surface area contributed by atoms with Crippen LogP contribution in [0.25, 0.3) is 33.0 Å². The number of aromatic nitrogens is 2. The van der Waals surface area contributed by atoms with Gasteiger partial charge in [0.1, 0.15) is 0 Å². The molecule has 1 N–H and O–H groups in total. The first-order valence-corrected chi connectivity index (χ1v) is 7.13. The van der Waals surface area contributed by atoms with Crippen molar-refractivity contribution in [1.29, 1.82) is 0 Å². The fourth-order valence-electron chi connectivity index (χ4n) is 2.95. The fourth-order valence-corrected chi connectivity index (χ4v) is 2.95. The van der Waals surface area contributed by atoms with Gasteiger partial charge in [0.25, 0.3) is 0 Å². The van der Waals surface area contributed by atoms with Crippen molar-refractivity contribution in [3.8, 4) is 11.1 Å². The molecule has 22 heavy (non-hydrogen) atoms. The molecule has 0 unspecified atom stereocenters. The third-order valence-electron chi connectivity index (χ3n) is 4.08. The first kappa shape index (κ1) is 12.8. The van der Waals surface area contributed by atoms with E-state index in [9.17, 15) is 4.79 Å². The van der Waals surface area contributed by atoms with E-state index >= 15 is 0 Å². The predicted octanol–water partition coefficient (Wildman–Crippen LogP) is 3.95. The molecule has 108 valence electrons. The number of hydrogen-bond donors (Lipinski definition) is 1. The van der Waals surface area contributed by atoms with Crippen LogP contribution in [0.5, 0.6) is 0 Å². The van der Waals surface area contributed by atoms with Crippen molar-refractivity contribution in [2.75, 3.05) is 0 Å². The van der Waals surface area contributed by atoms with E-state index < -0.39 is 0 Å². The lowest BCUT2D eigenvalue weighted by Crippen LogP contribution is -2.06. The first-order chi connectivity index (χ1) is 10.6. The highest BCUT2D eigenvalue weighted by Gasteiger charge is 2.15. The monoisotopic (exact) mass is 290 g/mol. The Morgan fingerprint density at radius 1 is 1.05 bits per heavy atom. The van der Waals surface area contributed by atoms with Crippen LogP contribution in [0.15, 0.2) is 51.8 Å². The normalized spacial score (nSPS) is 11.4. The summed E-state index contributed by atoms with van der Waals surface area (Å²) in [6.45, 7) is 3.87. The third kappa shape index (κ3) is 1.77. The summed E-state index contributed by atoms with van der Waals surface area (Å²) in [4.78, 5) is 15.0. The zero-order chi connectivity index (χ0) is 15.3. The lowest BCUT2D eigenvalue weighted by Gasteiger charge is -2.09. The van der Waals surface area contributed by atoms with E-state index in [1.807, 2.05) is 50.2 Å². The molecule has 0 aliphatic heterocycles. The molecule has 4 heteroatoms. The fraction of sp³-hybridized carbons (Fsp3) is 0.111. The second-order valence-electron chi connectivity index (χ2n) is 5.48. The topological polar surface area (TPSA) is 58.9 Å². The molecular formula is C18H14N2O2. The Morgan fingerprint density at radius 2 is 1.82 bits per heavy atom. The SMILES string of the molecule is Cc1noc2c(C)c3[nH]c(=O)cc(-c4ccccc4)c3cc12. The van der Waals surface area contributed by atoms with E-state index in [0.717, 1.165) is 44.3 Å². The molecule has 2 aromatic carbocycles. The lowest BCUT2D eigenvalue weighted by molar-refractivity contribution is 0.449. The number of nitrogens with zero attached hydrogens (tertiary/aromatic N) is 1. The molecule has 2 aromatic heterocycles.